The van der Waals surface area contributed by atoms with Crippen molar-refractivity contribution in [1.82, 2.24) is 19.9 Å². The average molecular weight is 390 g/mol. The zero-order chi connectivity index (χ0) is 20.4. The van der Waals surface area contributed by atoms with E-state index in [0.29, 0.717) is 35.8 Å². The van der Waals surface area contributed by atoms with Crippen molar-refractivity contribution in [1.29, 1.82) is 5.41 Å². The molecule has 1 aliphatic rings. The number of amidine groups is 1. The van der Waals surface area contributed by atoms with Crippen LogP contribution in [0.4, 0.5) is 0 Å². The lowest BCUT2D eigenvalue weighted by Gasteiger charge is -2.11. The maximum absolute atomic E-state index is 7.47. The summed E-state index contributed by atoms with van der Waals surface area (Å²) in [6.45, 7) is 2.38. The van der Waals surface area contributed by atoms with Gasteiger partial charge >= 0.3 is 0 Å². The Kier molecular flexibility index (Phi) is 5.07. The molecule has 1 aliphatic carbocycles. The Morgan fingerprint density at radius 1 is 1.14 bits per heavy atom. The summed E-state index contributed by atoms with van der Waals surface area (Å²) in [6.07, 6.45) is 6.17. The zero-order valence-corrected chi connectivity index (χ0v) is 16.3. The van der Waals surface area contributed by atoms with Gasteiger partial charge in [0, 0.05) is 35.5 Å². The lowest BCUT2D eigenvalue weighted by atomic mass is 10.1. The molecular formula is C21H22N6O2. The highest BCUT2D eigenvalue weighted by Crippen LogP contribution is 2.47. The van der Waals surface area contributed by atoms with Gasteiger partial charge in [-0.1, -0.05) is 6.07 Å². The van der Waals surface area contributed by atoms with Crippen molar-refractivity contribution in [2.24, 2.45) is 11.7 Å². The molecule has 3 aromatic rings. The van der Waals surface area contributed by atoms with Crippen molar-refractivity contribution in [2.45, 2.75) is 19.3 Å². The van der Waals surface area contributed by atoms with E-state index < -0.39 is 0 Å². The second-order valence-electron chi connectivity index (χ2n) is 7.02. The van der Waals surface area contributed by atoms with Crippen LogP contribution in [0.5, 0.6) is 11.6 Å². The molecule has 3 heterocycles. The highest BCUT2D eigenvalue weighted by Gasteiger charge is 2.40. The number of hydrogen-bond acceptors (Lipinski definition) is 7. The predicted octanol–water partition coefficient (Wildman–Crippen LogP) is 2.72. The minimum absolute atomic E-state index is 0.0694. The Morgan fingerprint density at radius 3 is 2.66 bits per heavy atom. The van der Waals surface area contributed by atoms with Crippen molar-refractivity contribution in [3.05, 3.63) is 60.1 Å². The maximum atomic E-state index is 7.47. The van der Waals surface area contributed by atoms with E-state index in [4.69, 9.17) is 20.6 Å². The number of methoxy groups -OCH3 is 1. The van der Waals surface area contributed by atoms with Crippen molar-refractivity contribution in [2.75, 3.05) is 13.7 Å². The highest BCUT2D eigenvalue weighted by atomic mass is 16.5. The van der Waals surface area contributed by atoms with Crippen LogP contribution in [0.2, 0.25) is 0 Å². The fraction of sp³-hybridized carbons (Fsp3) is 0.286. The van der Waals surface area contributed by atoms with Crippen molar-refractivity contribution in [3.8, 4) is 22.8 Å². The normalized spacial score (nSPS) is 17.6. The molecule has 148 valence electrons. The molecule has 2 atom stereocenters. The van der Waals surface area contributed by atoms with E-state index in [2.05, 4.69) is 19.9 Å². The molecule has 29 heavy (non-hydrogen) atoms. The highest BCUT2D eigenvalue weighted by molar-refractivity contribution is 5.93. The third-order valence-electron chi connectivity index (χ3n) is 4.96. The molecule has 4 rings (SSSR count). The van der Waals surface area contributed by atoms with E-state index in [-0.39, 0.29) is 5.84 Å². The molecular weight excluding hydrogens is 368 g/mol. The zero-order valence-electron chi connectivity index (χ0n) is 16.3. The molecule has 0 aliphatic heterocycles. The van der Waals surface area contributed by atoms with E-state index in [1.165, 1.54) is 0 Å². The van der Waals surface area contributed by atoms with Crippen LogP contribution in [0.25, 0.3) is 11.1 Å². The van der Waals surface area contributed by atoms with Crippen LogP contribution in [-0.2, 0) is 0 Å². The van der Waals surface area contributed by atoms with Gasteiger partial charge in [-0.25, -0.2) is 4.98 Å². The van der Waals surface area contributed by atoms with Crippen molar-refractivity contribution < 1.29 is 9.47 Å². The van der Waals surface area contributed by atoms with Crippen LogP contribution in [0.15, 0.2) is 42.9 Å². The number of ether oxygens (including phenoxy) is 2. The third kappa shape index (κ3) is 4.16. The van der Waals surface area contributed by atoms with Gasteiger partial charge in [0.05, 0.1) is 25.5 Å². The van der Waals surface area contributed by atoms with Gasteiger partial charge in [-0.3, -0.25) is 15.4 Å². The molecule has 1 fully saturated rings. The van der Waals surface area contributed by atoms with Gasteiger partial charge in [0.1, 0.15) is 23.1 Å². The number of rotatable bonds is 7. The lowest BCUT2D eigenvalue weighted by Crippen LogP contribution is -2.12. The molecule has 8 heteroatoms. The van der Waals surface area contributed by atoms with Gasteiger partial charge < -0.3 is 15.2 Å². The average Bonchev–Trinajstić information content (AvgIpc) is 3.52. The summed E-state index contributed by atoms with van der Waals surface area (Å²) in [5, 5.41) is 7.47. The Morgan fingerprint density at radius 2 is 2.00 bits per heavy atom. The number of nitrogens with zero attached hydrogens (tertiary/aromatic N) is 4. The third-order valence-corrected chi connectivity index (χ3v) is 4.96. The minimum atomic E-state index is -0.0694. The maximum Gasteiger partial charge on any atom is 0.224 e. The summed E-state index contributed by atoms with van der Waals surface area (Å²) in [5.74, 6) is 2.65. The first kappa shape index (κ1) is 18.8. The molecule has 0 radical (unpaired) electrons. The second kappa shape index (κ2) is 7.83. The standard InChI is InChI=1S/C21H22N6O2/c1-12-24-10-17(13-3-5-19(20(22)23)25-8-13)21(27-12)29-11-14-7-16(14)18-6-4-15(28-2)9-26-18/h3-6,8-10,14,16H,7,11H2,1-2H3,(H3,22,23)/t14-,16+/m1/s1. The van der Waals surface area contributed by atoms with Crippen LogP contribution in [0.1, 0.15) is 29.6 Å². The van der Waals surface area contributed by atoms with Crippen LogP contribution in [0.3, 0.4) is 0 Å². The van der Waals surface area contributed by atoms with Crippen LogP contribution >= 0.6 is 0 Å². The second-order valence-corrected chi connectivity index (χ2v) is 7.02. The van der Waals surface area contributed by atoms with Crippen LogP contribution < -0.4 is 15.2 Å². The Hall–Kier alpha value is -3.55. The largest absolute Gasteiger partial charge is 0.495 e. The fourth-order valence-corrected chi connectivity index (χ4v) is 3.18. The number of nitrogens with one attached hydrogen (secondary N) is 1. The van der Waals surface area contributed by atoms with Gasteiger partial charge in [-0.05, 0) is 31.5 Å². The van der Waals surface area contributed by atoms with Crippen molar-refractivity contribution in [3.63, 3.8) is 0 Å². The summed E-state index contributed by atoms with van der Waals surface area (Å²) in [5.41, 5.74) is 8.54. The monoisotopic (exact) mass is 390 g/mol. The number of aromatic nitrogens is 4. The summed E-state index contributed by atoms with van der Waals surface area (Å²) >= 11 is 0. The first-order valence-corrected chi connectivity index (χ1v) is 9.32. The van der Waals surface area contributed by atoms with E-state index in [1.807, 2.05) is 25.1 Å². The SMILES string of the molecule is COc1ccc([C@H]2C[C@@H]2COc2nc(C)ncc2-c2ccc(C(=N)N)nc2)nc1. The molecule has 8 nitrogen and oxygen atoms in total. The lowest BCUT2D eigenvalue weighted by molar-refractivity contribution is 0.285. The molecule has 0 unspecified atom stereocenters. The van der Waals surface area contributed by atoms with Gasteiger partial charge in [-0.15, -0.1) is 0 Å². The van der Waals surface area contributed by atoms with E-state index in [1.54, 1.807) is 31.8 Å². The Labute approximate surface area is 168 Å². The number of pyridine rings is 2. The van der Waals surface area contributed by atoms with Gasteiger partial charge in [0.15, 0.2) is 0 Å². The molecule has 0 bridgehead atoms. The Balaban J connectivity index is 1.46. The summed E-state index contributed by atoms with van der Waals surface area (Å²) in [6, 6.07) is 7.48. The smallest absolute Gasteiger partial charge is 0.224 e. The molecule has 3 aromatic heterocycles. The van der Waals surface area contributed by atoms with E-state index in [0.717, 1.165) is 29.0 Å². The number of nitrogen functional groups attached to an aromatic ring is 1. The van der Waals surface area contributed by atoms with Crippen LogP contribution in [-0.4, -0.2) is 39.5 Å². The molecule has 1 saturated carbocycles. The van der Waals surface area contributed by atoms with Gasteiger partial charge in [0.2, 0.25) is 5.88 Å². The first-order valence-electron chi connectivity index (χ1n) is 9.32. The van der Waals surface area contributed by atoms with Crippen LogP contribution in [0, 0.1) is 18.3 Å². The first-order chi connectivity index (χ1) is 14.0. The Bertz CT molecular complexity index is 1020. The fourth-order valence-electron chi connectivity index (χ4n) is 3.18. The topological polar surface area (TPSA) is 120 Å². The summed E-state index contributed by atoms with van der Waals surface area (Å²) in [7, 11) is 1.63. The van der Waals surface area contributed by atoms with E-state index >= 15 is 0 Å². The van der Waals surface area contributed by atoms with Crippen molar-refractivity contribution >= 4 is 5.84 Å². The molecule has 3 N–H and O–H groups in total. The molecule has 0 spiro atoms. The van der Waals surface area contributed by atoms with Gasteiger partial charge in [-0.2, -0.15) is 4.98 Å². The quantitative estimate of drug-likeness (QED) is 0.470. The summed E-state index contributed by atoms with van der Waals surface area (Å²) in [4.78, 5) is 17.4. The molecule has 0 amide bonds. The van der Waals surface area contributed by atoms with E-state index in [9.17, 15) is 0 Å². The number of nitrogens with two attached hydrogens (primary N) is 1. The predicted molar refractivity (Wildman–Crippen MR) is 108 cm³/mol. The van der Waals surface area contributed by atoms with Gasteiger partial charge in [0.25, 0.3) is 0 Å². The summed E-state index contributed by atoms with van der Waals surface area (Å²) < 4.78 is 11.2. The molecule has 0 saturated heterocycles. The molecule has 0 aromatic carbocycles. The minimum Gasteiger partial charge on any atom is -0.495 e. The number of aryl methyl sites for hydroxylation is 1. The number of hydrogen-bond donors (Lipinski definition) is 2.